The van der Waals surface area contributed by atoms with Crippen LogP contribution in [0.4, 0.5) is 19.3 Å². The Morgan fingerprint density at radius 3 is 2.83 bits per heavy atom. The molecule has 2 saturated heterocycles. The van der Waals surface area contributed by atoms with Gasteiger partial charge in [-0.25, -0.2) is 13.6 Å². The number of carbonyl (C=O) groups is 1. The minimum absolute atomic E-state index is 0.191. The number of anilines is 1. The average Bonchev–Trinajstić information content (AvgIpc) is 3.20. The Labute approximate surface area is 139 Å². The fraction of sp³-hybridized carbons (Fsp3) is 0.733. The first kappa shape index (κ1) is 17.1. The zero-order valence-electron chi connectivity index (χ0n) is 13.5. The number of carbonyl (C=O) groups excluding carboxylic acids is 1. The van der Waals surface area contributed by atoms with E-state index in [4.69, 9.17) is 4.74 Å². The lowest BCUT2D eigenvalue weighted by atomic mass is 10.2. The quantitative estimate of drug-likeness (QED) is 0.880. The van der Waals surface area contributed by atoms with E-state index in [1.165, 1.54) is 0 Å². The van der Waals surface area contributed by atoms with E-state index in [2.05, 4.69) is 10.4 Å². The summed E-state index contributed by atoms with van der Waals surface area (Å²) in [7, 11) is 0. The minimum atomic E-state index is -2.33. The number of piperazine rings is 1. The van der Waals surface area contributed by atoms with E-state index in [1.807, 2.05) is 0 Å². The van der Waals surface area contributed by atoms with Crippen molar-refractivity contribution in [2.24, 2.45) is 0 Å². The zero-order valence-corrected chi connectivity index (χ0v) is 13.5. The Balaban J connectivity index is 1.44. The summed E-state index contributed by atoms with van der Waals surface area (Å²) in [6.45, 7) is 3.08. The SMILES string of the molecule is O=C(Nc1cnn(CC2CCCO2)c1)N1CCN(CC(F)F)CC1. The van der Waals surface area contributed by atoms with Gasteiger partial charge >= 0.3 is 6.03 Å². The Morgan fingerprint density at radius 2 is 2.17 bits per heavy atom. The summed E-state index contributed by atoms with van der Waals surface area (Å²) < 4.78 is 32.1. The van der Waals surface area contributed by atoms with Crippen LogP contribution in [0.2, 0.25) is 0 Å². The second-order valence-corrected chi connectivity index (χ2v) is 6.19. The number of aromatic nitrogens is 2. The Bertz CT molecular complexity index is 540. The Morgan fingerprint density at radius 1 is 1.38 bits per heavy atom. The van der Waals surface area contributed by atoms with Gasteiger partial charge in [-0.15, -0.1) is 0 Å². The van der Waals surface area contributed by atoms with Crippen LogP contribution < -0.4 is 5.32 Å². The average molecular weight is 343 g/mol. The molecule has 0 radical (unpaired) electrons. The van der Waals surface area contributed by atoms with Gasteiger partial charge in [-0.3, -0.25) is 9.58 Å². The summed E-state index contributed by atoms with van der Waals surface area (Å²) >= 11 is 0. The molecule has 3 rings (SSSR count). The minimum Gasteiger partial charge on any atom is -0.376 e. The third-order valence-corrected chi connectivity index (χ3v) is 4.35. The van der Waals surface area contributed by atoms with Crippen LogP contribution in [0, 0.1) is 0 Å². The molecule has 134 valence electrons. The number of hydrogen-bond donors (Lipinski definition) is 1. The molecule has 0 aromatic carbocycles. The molecule has 2 fully saturated rings. The van der Waals surface area contributed by atoms with Crippen molar-refractivity contribution in [2.45, 2.75) is 31.9 Å². The molecule has 7 nitrogen and oxygen atoms in total. The normalized spacial score (nSPS) is 22.3. The maximum absolute atomic E-state index is 12.4. The van der Waals surface area contributed by atoms with Crippen molar-refractivity contribution in [1.82, 2.24) is 19.6 Å². The second kappa shape index (κ2) is 7.89. The van der Waals surface area contributed by atoms with E-state index in [1.54, 1.807) is 26.9 Å². The lowest BCUT2D eigenvalue weighted by Gasteiger charge is -2.34. The van der Waals surface area contributed by atoms with Crippen LogP contribution in [0.15, 0.2) is 12.4 Å². The van der Waals surface area contributed by atoms with Gasteiger partial charge in [0.2, 0.25) is 0 Å². The van der Waals surface area contributed by atoms with Crippen LogP contribution in [0.1, 0.15) is 12.8 Å². The van der Waals surface area contributed by atoms with Gasteiger partial charge in [0.15, 0.2) is 0 Å². The molecule has 1 aromatic rings. The molecule has 1 unspecified atom stereocenters. The maximum Gasteiger partial charge on any atom is 0.322 e. The van der Waals surface area contributed by atoms with Crippen molar-refractivity contribution < 1.29 is 18.3 Å². The number of alkyl halides is 2. The summed E-state index contributed by atoms with van der Waals surface area (Å²) in [6, 6.07) is -0.219. The summed E-state index contributed by atoms with van der Waals surface area (Å²) in [4.78, 5) is 15.5. The van der Waals surface area contributed by atoms with E-state index in [-0.39, 0.29) is 18.7 Å². The smallest absolute Gasteiger partial charge is 0.322 e. The van der Waals surface area contributed by atoms with Crippen LogP contribution in [0.3, 0.4) is 0 Å². The fourth-order valence-corrected chi connectivity index (χ4v) is 3.06. The van der Waals surface area contributed by atoms with Crippen molar-refractivity contribution in [2.75, 3.05) is 44.6 Å². The number of halogens is 2. The molecule has 2 aliphatic rings. The third-order valence-electron chi connectivity index (χ3n) is 4.35. The van der Waals surface area contributed by atoms with Crippen LogP contribution in [0.25, 0.3) is 0 Å². The fourth-order valence-electron chi connectivity index (χ4n) is 3.06. The molecule has 24 heavy (non-hydrogen) atoms. The first-order chi connectivity index (χ1) is 11.6. The Kier molecular flexibility index (Phi) is 5.62. The van der Waals surface area contributed by atoms with Crippen LogP contribution >= 0.6 is 0 Å². The van der Waals surface area contributed by atoms with Crippen LogP contribution in [0.5, 0.6) is 0 Å². The number of hydrogen-bond acceptors (Lipinski definition) is 4. The van der Waals surface area contributed by atoms with Gasteiger partial charge in [0.05, 0.1) is 31.1 Å². The van der Waals surface area contributed by atoms with Crippen molar-refractivity contribution in [3.05, 3.63) is 12.4 Å². The third kappa shape index (κ3) is 4.64. The van der Waals surface area contributed by atoms with Gasteiger partial charge in [0.1, 0.15) is 0 Å². The zero-order chi connectivity index (χ0) is 16.9. The first-order valence-corrected chi connectivity index (χ1v) is 8.30. The highest BCUT2D eigenvalue weighted by Gasteiger charge is 2.23. The van der Waals surface area contributed by atoms with Gasteiger partial charge in [-0.05, 0) is 12.8 Å². The van der Waals surface area contributed by atoms with Gasteiger partial charge in [-0.2, -0.15) is 5.10 Å². The highest BCUT2D eigenvalue weighted by atomic mass is 19.3. The molecule has 9 heteroatoms. The molecule has 3 heterocycles. The molecular weight excluding hydrogens is 320 g/mol. The number of amides is 2. The Hall–Kier alpha value is -1.74. The van der Waals surface area contributed by atoms with Crippen molar-refractivity contribution >= 4 is 11.7 Å². The first-order valence-electron chi connectivity index (χ1n) is 8.30. The molecule has 1 N–H and O–H groups in total. The maximum atomic E-state index is 12.4. The number of urea groups is 1. The van der Waals surface area contributed by atoms with Crippen LogP contribution in [-0.2, 0) is 11.3 Å². The lowest BCUT2D eigenvalue weighted by molar-refractivity contribution is 0.0651. The van der Waals surface area contributed by atoms with Gasteiger partial charge in [0.25, 0.3) is 6.43 Å². The molecule has 0 aliphatic carbocycles. The van der Waals surface area contributed by atoms with Gasteiger partial charge in [0, 0.05) is 39.0 Å². The molecule has 1 atom stereocenters. The standard InChI is InChI=1S/C15H23F2N5O2/c16-14(17)11-20-3-5-21(6-4-20)15(23)19-12-8-18-22(9-12)10-13-2-1-7-24-13/h8-9,13-14H,1-7,10-11H2,(H,19,23). The predicted molar refractivity (Wildman–Crippen MR) is 84.2 cm³/mol. The molecule has 2 aliphatic heterocycles. The van der Waals surface area contributed by atoms with Crippen molar-refractivity contribution in [1.29, 1.82) is 0 Å². The molecule has 0 spiro atoms. The van der Waals surface area contributed by atoms with E-state index in [9.17, 15) is 13.6 Å². The van der Waals surface area contributed by atoms with E-state index in [0.717, 1.165) is 19.4 Å². The molecule has 2 amide bonds. The monoisotopic (exact) mass is 343 g/mol. The molecule has 1 aromatic heterocycles. The molecular formula is C15H23F2N5O2. The number of nitrogens with one attached hydrogen (secondary N) is 1. The summed E-state index contributed by atoms with van der Waals surface area (Å²) in [6.07, 6.45) is 3.36. The topological polar surface area (TPSA) is 62.6 Å². The summed E-state index contributed by atoms with van der Waals surface area (Å²) in [5.74, 6) is 0. The van der Waals surface area contributed by atoms with Crippen molar-refractivity contribution in [3.63, 3.8) is 0 Å². The molecule has 0 bridgehead atoms. The van der Waals surface area contributed by atoms with Crippen molar-refractivity contribution in [3.8, 4) is 0 Å². The molecule has 0 saturated carbocycles. The van der Waals surface area contributed by atoms with E-state index < -0.39 is 6.43 Å². The highest BCUT2D eigenvalue weighted by molar-refractivity contribution is 5.89. The number of ether oxygens (including phenoxy) is 1. The summed E-state index contributed by atoms with van der Waals surface area (Å²) in [5, 5.41) is 7.04. The number of nitrogens with zero attached hydrogens (tertiary/aromatic N) is 4. The number of rotatable bonds is 5. The van der Waals surface area contributed by atoms with E-state index in [0.29, 0.717) is 38.4 Å². The lowest BCUT2D eigenvalue weighted by Crippen LogP contribution is -2.50. The second-order valence-electron chi connectivity index (χ2n) is 6.19. The van der Waals surface area contributed by atoms with Gasteiger partial charge < -0.3 is 15.0 Å². The van der Waals surface area contributed by atoms with Crippen LogP contribution in [-0.4, -0.2) is 77.5 Å². The largest absolute Gasteiger partial charge is 0.376 e. The van der Waals surface area contributed by atoms with Gasteiger partial charge in [-0.1, -0.05) is 0 Å². The van der Waals surface area contributed by atoms with E-state index >= 15 is 0 Å². The predicted octanol–water partition coefficient (Wildman–Crippen LogP) is 1.48. The highest BCUT2D eigenvalue weighted by Crippen LogP contribution is 2.15. The summed E-state index contributed by atoms with van der Waals surface area (Å²) in [5.41, 5.74) is 0.632.